The highest BCUT2D eigenvalue weighted by molar-refractivity contribution is 5.80. The van der Waals surface area contributed by atoms with Gasteiger partial charge in [0.05, 0.1) is 0 Å². The summed E-state index contributed by atoms with van der Waals surface area (Å²) in [5, 5.41) is 11.0. The molecule has 0 saturated carbocycles. The molecule has 0 rings (SSSR count). The largest absolute Gasteiger partial charge is 0.480 e. The van der Waals surface area contributed by atoms with Crippen LogP contribution in [-0.4, -0.2) is 35.6 Å². The van der Waals surface area contributed by atoms with Gasteiger partial charge in [-0.2, -0.15) is 0 Å². The Balaban J connectivity index is 3.79. The van der Waals surface area contributed by atoms with Gasteiger partial charge in [0, 0.05) is 12.8 Å². The van der Waals surface area contributed by atoms with E-state index in [1.54, 1.807) is 0 Å². The Labute approximate surface area is 246 Å². The number of carboxylic acids is 1. The molecule has 0 aliphatic carbocycles. The van der Waals surface area contributed by atoms with E-state index in [0.29, 0.717) is 12.8 Å². The van der Waals surface area contributed by atoms with Gasteiger partial charge in [0.1, 0.15) is 12.6 Å². The first-order valence-electron chi connectivity index (χ1n) is 16.8. The lowest BCUT2D eigenvalue weighted by Crippen LogP contribution is -2.28. The van der Waals surface area contributed by atoms with E-state index in [1.807, 2.05) is 6.08 Å². The Kier molecular flexibility index (Phi) is 28.7. The number of carboxylic acid groups (broad SMARTS) is 1. The van der Waals surface area contributed by atoms with Crippen LogP contribution >= 0.6 is 0 Å². The summed E-state index contributed by atoms with van der Waals surface area (Å²) >= 11 is 0. The number of rotatable bonds is 30. The van der Waals surface area contributed by atoms with Crippen molar-refractivity contribution in [1.82, 2.24) is 5.32 Å². The minimum absolute atomic E-state index is 0.0911. The second kappa shape index (κ2) is 30.1. The molecule has 6 heteroatoms. The molecule has 0 bridgehead atoms. The smallest absolute Gasteiger partial charge is 0.322 e. The number of carbonyl (C=O) groups excluding carboxylic acids is 2. The van der Waals surface area contributed by atoms with Gasteiger partial charge >= 0.3 is 11.9 Å². The molecule has 0 aliphatic rings. The number of aliphatic carboxylic acids is 1. The number of carbonyl (C=O) groups is 3. The average Bonchev–Trinajstić information content (AvgIpc) is 2.93. The highest BCUT2D eigenvalue weighted by atomic mass is 16.5. The van der Waals surface area contributed by atoms with Gasteiger partial charge in [-0.05, 0) is 38.2 Å². The molecule has 0 saturated heterocycles. The molecule has 0 spiro atoms. The van der Waals surface area contributed by atoms with Crippen molar-refractivity contribution >= 4 is 17.8 Å². The van der Waals surface area contributed by atoms with Crippen molar-refractivity contribution in [2.75, 3.05) is 6.54 Å². The zero-order valence-electron chi connectivity index (χ0n) is 26.2. The van der Waals surface area contributed by atoms with Gasteiger partial charge in [0.2, 0.25) is 5.91 Å². The molecule has 0 heterocycles. The van der Waals surface area contributed by atoms with E-state index in [1.165, 1.54) is 89.9 Å². The fraction of sp³-hybridized carbons (Fsp3) is 0.853. The molecular weight excluding hydrogens is 502 g/mol. The van der Waals surface area contributed by atoms with Crippen molar-refractivity contribution in [2.24, 2.45) is 0 Å². The molecule has 0 aromatic rings. The monoisotopic (exact) mass is 565 g/mol. The molecule has 1 amide bonds. The Morgan fingerprint density at radius 3 is 1.62 bits per heavy atom. The first kappa shape index (κ1) is 38.1. The van der Waals surface area contributed by atoms with Crippen LogP contribution in [-0.2, 0) is 19.1 Å². The number of hydrogen-bond acceptors (Lipinski definition) is 4. The van der Waals surface area contributed by atoms with Crippen LogP contribution in [0, 0.1) is 0 Å². The molecule has 0 aromatic heterocycles. The van der Waals surface area contributed by atoms with Crippen molar-refractivity contribution in [1.29, 1.82) is 0 Å². The van der Waals surface area contributed by atoms with Crippen LogP contribution in [0.25, 0.3) is 0 Å². The van der Waals surface area contributed by atoms with Crippen molar-refractivity contribution in [3.63, 3.8) is 0 Å². The topological polar surface area (TPSA) is 92.7 Å². The second-order valence-electron chi connectivity index (χ2n) is 11.4. The van der Waals surface area contributed by atoms with Crippen LogP contribution in [0.2, 0.25) is 0 Å². The van der Waals surface area contributed by atoms with Gasteiger partial charge in [-0.25, -0.2) is 0 Å². The normalized spacial score (nSPS) is 12.1. The zero-order chi connectivity index (χ0) is 29.5. The van der Waals surface area contributed by atoms with Gasteiger partial charge < -0.3 is 15.2 Å². The fourth-order valence-corrected chi connectivity index (χ4v) is 4.90. The summed E-state index contributed by atoms with van der Waals surface area (Å²) in [6.45, 7) is 4.08. The Morgan fingerprint density at radius 1 is 0.650 bits per heavy atom. The van der Waals surface area contributed by atoms with Gasteiger partial charge in [0.25, 0.3) is 0 Å². The third-order valence-electron chi connectivity index (χ3n) is 7.40. The Hall–Kier alpha value is -1.85. The summed E-state index contributed by atoms with van der Waals surface area (Å²) in [5.74, 6) is -1.34. The summed E-state index contributed by atoms with van der Waals surface area (Å²) in [6.07, 6.45) is 32.4. The number of unbranched alkanes of at least 4 members (excludes halogenated alkanes) is 19. The third kappa shape index (κ3) is 29.1. The molecule has 40 heavy (non-hydrogen) atoms. The molecule has 0 aromatic carbocycles. The van der Waals surface area contributed by atoms with Crippen molar-refractivity contribution in [3.05, 3.63) is 12.2 Å². The highest BCUT2D eigenvalue weighted by Gasteiger charge is 2.11. The Morgan fingerprint density at radius 2 is 1.12 bits per heavy atom. The van der Waals surface area contributed by atoms with E-state index < -0.39 is 5.97 Å². The summed E-state index contributed by atoms with van der Waals surface area (Å²) in [5.41, 5.74) is 0. The van der Waals surface area contributed by atoms with Crippen molar-refractivity contribution < 1.29 is 24.2 Å². The molecule has 1 unspecified atom stereocenters. The van der Waals surface area contributed by atoms with Crippen LogP contribution in [0.15, 0.2) is 12.2 Å². The highest BCUT2D eigenvalue weighted by Crippen LogP contribution is 2.16. The maximum atomic E-state index is 12.4. The molecule has 0 fully saturated rings. The number of ether oxygens (including phenoxy) is 1. The van der Waals surface area contributed by atoms with Crippen LogP contribution in [0.5, 0.6) is 0 Å². The lowest BCUT2D eigenvalue weighted by Gasteiger charge is -2.15. The van der Waals surface area contributed by atoms with Gasteiger partial charge in [0.15, 0.2) is 0 Å². The predicted molar refractivity (Wildman–Crippen MR) is 166 cm³/mol. The van der Waals surface area contributed by atoms with E-state index in [-0.39, 0.29) is 24.5 Å². The number of hydrogen-bond donors (Lipinski definition) is 2. The first-order valence-corrected chi connectivity index (χ1v) is 16.8. The SMILES string of the molecule is CCC/C=C\C(CCCCCCC(=O)NCC(=O)O)OC(=O)CCCCCCCCCCCCCCCCCC. The van der Waals surface area contributed by atoms with E-state index in [4.69, 9.17) is 9.84 Å². The number of allylic oxidation sites excluding steroid dienone is 1. The first-order chi connectivity index (χ1) is 19.5. The van der Waals surface area contributed by atoms with Crippen molar-refractivity contribution in [2.45, 2.75) is 180 Å². The van der Waals surface area contributed by atoms with E-state index >= 15 is 0 Å². The minimum Gasteiger partial charge on any atom is -0.480 e. The van der Waals surface area contributed by atoms with Crippen LogP contribution in [0.1, 0.15) is 174 Å². The van der Waals surface area contributed by atoms with Crippen LogP contribution in [0.3, 0.4) is 0 Å². The van der Waals surface area contributed by atoms with Gasteiger partial charge in [-0.15, -0.1) is 0 Å². The molecule has 234 valence electrons. The van der Waals surface area contributed by atoms with Crippen molar-refractivity contribution in [3.8, 4) is 0 Å². The standard InChI is InChI=1S/C34H63NO5/c1-3-5-7-8-9-10-11-12-13-14-15-16-17-18-19-25-29-34(39)40-31(26-22-6-4-2)27-23-20-21-24-28-32(36)35-30-33(37)38/h22,26,31H,3-21,23-25,27-30H2,1-2H3,(H,35,36)(H,37,38)/b26-22-. The average molecular weight is 566 g/mol. The van der Waals surface area contributed by atoms with E-state index in [0.717, 1.165) is 57.8 Å². The second-order valence-corrected chi connectivity index (χ2v) is 11.4. The number of amides is 1. The van der Waals surface area contributed by atoms with E-state index in [9.17, 15) is 14.4 Å². The number of nitrogens with one attached hydrogen (secondary N) is 1. The summed E-state index contributed by atoms with van der Waals surface area (Å²) < 4.78 is 5.78. The molecule has 6 nitrogen and oxygen atoms in total. The Bertz CT molecular complexity index is 634. The summed E-state index contributed by atoms with van der Waals surface area (Å²) in [6, 6.07) is 0. The third-order valence-corrected chi connectivity index (χ3v) is 7.40. The minimum atomic E-state index is -1.03. The maximum absolute atomic E-state index is 12.4. The summed E-state index contributed by atoms with van der Waals surface area (Å²) in [7, 11) is 0. The molecule has 0 radical (unpaired) electrons. The molecular formula is C34H63NO5. The molecule has 0 aliphatic heterocycles. The zero-order valence-corrected chi connectivity index (χ0v) is 26.2. The lowest BCUT2D eigenvalue weighted by atomic mass is 10.0. The predicted octanol–water partition coefficient (Wildman–Crippen LogP) is 9.45. The van der Waals surface area contributed by atoms with E-state index in [2.05, 4.69) is 25.2 Å². The molecule has 2 N–H and O–H groups in total. The summed E-state index contributed by atoms with van der Waals surface area (Å²) in [4.78, 5) is 34.5. The van der Waals surface area contributed by atoms with Gasteiger partial charge in [-0.3, -0.25) is 14.4 Å². The quantitative estimate of drug-likeness (QED) is 0.0514. The van der Waals surface area contributed by atoms with Crippen LogP contribution in [0.4, 0.5) is 0 Å². The molecule has 1 atom stereocenters. The lowest BCUT2D eigenvalue weighted by molar-refractivity contribution is -0.147. The fourth-order valence-electron chi connectivity index (χ4n) is 4.90. The maximum Gasteiger partial charge on any atom is 0.322 e. The number of esters is 1. The van der Waals surface area contributed by atoms with Crippen LogP contribution < -0.4 is 5.32 Å². The van der Waals surface area contributed by atoms with Gasteiger partial charge in [-0.1, -0.05) is 135 Å².